The summed E-state index contributed by atoms with van der Waals surface area (Å²) in [6.45, 7) is 4.44. The minimum atomic E-state index is -0.759. The summed E-state index contributed by atoms with van der Waals surface area (Å²) in [6.07, 6.45) is 0.860. The topological polar surface area (TPSA) is 90.7 Å². The van der Waals surface area contributed by atoms with Crippen molar-refractivity contribution in [2.45, 2.75) is 45.4 Å². The molecule has 0 fully saturated rings. The number of carbonyl (C=O) groups is 2. The van der Waals surface area contributed by atoms with E-state index < -0.39 is 18.1 Å². The minimum Gasteiger partial charge on any atom is -0.489 e. The van der Waals surface area contributed by atoms with Gasteiger partial charge in [-0.05, 0) is 42.0 Å². The van der Waals surface area contributed by atoms with Gasteiger partial charge in [-0.2, -0.15) is 0 Å². The van der Waals surface area contributed by atoms with E-state index in [2.05, 4.69) is 5.32 Å². The molecule has 29 heavy (non-hydrogen) atoms. The lowest BCUT2D eigenvalue weighted by Crippen LogP contribution is -2.49. The molecule has 2 atom stereocenters. The highest BCUT2D eigenvalue weighted by Crippen LogP contribution is 2.15. The van der Waals surface area contributed by atoms with Gasteiger partial charge in [0, 0.05) is 0 Å². The Morgan fingerprint density at radius 2 is 1.66 bits per heavy atom. The van der Waals surface area contributed by atoms with E-state index in [0.29, 0.717) is 19.4 Å². The molecule has 2 aromatic rings. The first-order valence-corrected chi connectivity index (χ1v) is 9.78. The van der Waals surface area contributed by atoms with Crippen LogP contribution in [-0.4, -0.2) is 31.1 Å². The van der Waals surface area contributed by atoms with Crippen LogP contribution in [0.5, 0.6) is 5.75 Å². The molecule has 0 heterocycles. The van der Waals surface area contributed by atoms with Gasteiger partial charge in [-0.1, -0.05) is 56.3 Å². The normalized spacial score (nSPS) is 12.9. The van der Waals surface area contributed by atoms with Crippen molar-refractivity contribution in [3.8, 4) is 5.75 Å². The predicted octanol–water partition coefficient (Wildman–Crippen LogP) is 2.84. The number of carbonyl (C=O) groups excluding carboxylic acids is 2. The molecule has 0 aliphatic carbocycles. The zero-order valence-electron chi connectivity index (χ0n) is 17.3. The number of ether oxygens (including phenoxy) is 2. The molecule has 0 unspecified atom stereocenters. The van der Waals surface area contributed by atoms with Crippen LogP contribution in [0.1, 0.15) is 31.4 Å². The second kappa shape index (κ2) is 11.2. The summed E-state index contributed by atoms with van der Waals surface area (Å²) in [5, 5.41) is 2.71. The fraction of sp³-hybridized carbons (Fsp3) is 0.391. The predicted molar refractivity (Wildman–Crippen MR) is 112 cm³/mol. The first kappa shape index (κ1) is 22.4. The zero-order chi connectivity index (χ0) is 21.2. The van der Waals surface area contributed by atoms with E-state index >= 15 is 0 Å². The number of nitrogens with two attached hydrogens (primary N) is 1. The summed E-state index contributed by atoms with van der Waals surface area (Å²) in [6, 6.07) is 16.0. The average molecular weight is 399 g/mol. The molecular weight excluding hydrogens is 368 g/mol. The van der Waals surface area contributed by atoms with Gasteiger partial charge in [0.2, 0.25) is 5.91 Å². The number of benzene rings is 2. The third-order valence-corrected chi connectivity index (χ3v) is 4.47. The van der Waals surface area contributed by atoms with Crippen molar-refractivity contribution in [1.29, 1.82) is 0 Å². The zero-order valence-corrected chi connectivity index (χ0v) is 17.3. The molecular formula is C23H30N2O4. The van der Waals surface area contributed by atoms with Crippen LogP contribution >= 0.6 is 0 Å². The SMILES string of the molecule is COC(=O)[C@H](CC(C)C)NC(=O)[C@@H](N)Cc1ccc(OCc2ccccc2)cc1. The fourth-order valence-corrected chi connectivity index (χ4v) is 2.92. The Balaban J connectivity index is 1.87. The highest BCUT2D eigenvalue weighted by molar-refractivity contribution is 5.87. The van der Waals surface area contributed by atoms with E-state index in [1.54, 1.807) is 0 Å². The van der Waals surface area contributed by atoms with E-state index in [1.807, 2.05) is 68.4 Å². The Morgan fingerprint density at radius 3 is 2.24 bits per heavy atom. The molecule has 2 rings (SSSR count). The lowest BCUT2D eigenvalue weighted by Gasteiger charge is -2.20. The van der Waals surface area contributed by atoms with Gasteiger partial charge in [-0.15, -0.1) is 0 Å². The van der Waals surface area contributed by atoms with Crippen molar-refractivity contribution in [1.82, 2.24) is 5.32 Å². The quantitative estimate of drug-likeness (QED) is 0.601. The van der Waals surface area contributed by atoms with E-state index in [0.717, 1.165) is 16.9 Å². The molecule has 0 bridgehead atoms. The van der Waals surface area contributed by atoms with Crippen molar-refractivity contribution < 1.29 is 19.1 Å². The average Bonchev–Trinajstić information content (AvgIpc) is 2.72. The third kappa shape index (κ3) is 7.58. The van der Waals surface area contributed by atoms with E-state index in [4.69, 9.17) is 15.2 Å². The van der Waals surface area contributed by atoms with Crippen LogP contribution in [0.15, 0.2) is 54.6 Å². The molecule has 2 aromatic carbocycles. The monoisotopic (exact) mass is 398 g/mol. The van der Waals surface area contributed by atoms with Gasteiger partial charge < -0.3 is 20.5 Å². The molecule has 0 radical (unpaired) electrons. The number of nitrogens with one attached hydrogen (secondary N) is 1. The largest absolute Gasteiger partial charge is 0.489 e. The van der Waals surface area contributed by atoms with Gasteiger partial charge in [-0.25, -0.2) is 4.79 Å². The fourth-order valence-electron chi connectivity index (χ4n) is 2.92. The van der Waals surface area contributed by atoms with Gasteiger partial charge >= 0.3 is 5.97 Å². The van der Waals surface area contributed by atoms with Crippen molar-refractivity contribution in [3.63, 3.8) is 0 Å². The van der Waals surface area contributed by atoms with Crippen LogP contribution in [0.2, 0.25) is 0 Å². The summed E-state index contributed by atoms with van der Waals surface area (Å²) >= 11 is 0. The molecule has 0 saturated carbocycles. The Kier molecular flexibility index (Phi) is 8.68. The van der Waals surface area contributed by atoms with Crippen LogP contribution in [0.3, 0.4) is 0 Å². The number of amides is 1. The highest BCUT2D eigenvalue weighted by Gasteiger charge is 2.25. The van der Waals surface area contributed by atoms with Crippen LogP contribution < -0.4 is 15.8 Å². The van der Waals surface area contributed by atoms with Crippen molar-refractivity contribution in [2.24, 2.45) is 11.7 Å². The maximum atomic E-state index is 12.4. The van der Waals surface area contributed by atoms with Crippen molar-refractivity contribution in [2.75, 3.05) is 7.11 Å². The van der Waals surface area contributed by atoms with Gasteiger partial charge in [0.25, 0.3) is 0 Å². The van der Waals surface area contributed by atoms with Gasteiger partial charge in [0.05, 0.1) is 13.2 Å². The molecule has 3 N–H and O–H groups in total. The second-order valence-corrected chi connectivity index (χ2v) is 7.44. The standard InChI is InChI=1S/C23H30N2O4/c1-16(2)13-21(23(27)28-3)25-22(26)20(24)14-17-9-11-19(12-10-17)29-15-18-7-5-4-6-8-18/h4-12,16,20-21H,13-15,24H2,1-3H3,(H,25,26)/t20-,21-/m0/s1. The number of hydrogen-bond donors (Lipinski definition) is 2. The van der Waals surface area contributed by atoms with Gasteiger partial charge in [0.1, 0.15) is 18.4 Å². The van der Waals surface area contributed by atoms with Gasteiger partial charge in [0.15, 0.2) is 0 Å². The Hall–Kier alpha value is -2.86. The summed E-state index contributed by atoms with van der Waals surface area (Å²) < 4.78 is 10.5. The summed E-state index contributed by atoms with van der Waals surface area (Å²) in [7, 11) is 1.31. The highest BCUT2D eigenvalue weighted by atomic mass is 16.5. The van der Waals surface area contributed by atoms with Crippen LogP contribution in [0.4, 0.5) is 0 Å². The van der Waals surface area contributed by atoms with Crippen LogP contribution in [0, 0.1) is 5.92 Å². The third-order valence-electron chi connectivity index (χ3n) is 4.47. The first-order chi connectivity index (χ1) is 13.9. The van der Waals surface area contributed by atoms with E-state index in [9.17, 15) is 9.59 Å². The second-order valence-electron chi connectivity index (χ2n) is 7.44. The molecule has 1 amide bonds. The van der Waals surface area contributed by atoms with E-state index in [1.165, 1.54) is 7.11 Å². The number of hydrogen-bond acceptors (Lipinski definition) is 5. The Labute approximate surface area is 172 Å². The molecule has 156 valence electrons. The molecule has 0 aliphatic rings. The van der Waals surface area contributed by atoms with Crippen LogP contribution in [-0.2, 0) is 27.4 Å². The molecule has 6 heteroatoms. The maximum Gasteiger partial charge on any atom is 0.328 e. The minimum absolute atomic E-state index is 0.235. The summed E-state index contributed by atoms with van der Waals surface area (Å²) in [5.41, 5.74) is 8.06. The molecule has 0 saturated heterocycles. The lowest BCUT2D eigenvalue weighted by molar-refractivity contribution is -0.145. The Bertz CT molecular complexity index is 775. The molecule has 0 spiro atoms. The molecule has 6 nitrogen and oxygen atoms in total. The van der Waals surface area contributed by atoms with E-state index in [-0.39, 0.29) is 11.8 Å². The number of methoxy groups -OCH3 is 1. The van der Waals surface area contributed by atoms with Crippen LogP contribution in [0.25, 0.3) is 0 Å². The number of rotatable bonds is 10. The molecule has 0 aliphatic heterocycles. The molecule has 0 aromatic heterocycles. The van der Waals surface area contributed by atoms with Crippen molar-refractivity contribution in [3.05, 3.63) is 65.7 Å². The summed E-state index contributed by atoms with van der Waals surface area (Å²) in [4.78, 5) is 24.3. The summed E-state index contributed by atoms with van der Waals surface area (Å²) in [5.74, 6) is 0.155. The first-order valence-electron chi connectivity index (χ1n) is 9.78. The Morgan fingerprint density at radius 1 is 1.00 bits per heavy atom. The lowest BCUT2D eigenvalue weighted by atomic mass is 10.0. The smallest absolute Gasteiger partial charge is 0.328 e. The number of esters is 1. The maximum absolute atomic E-state index is 12.4. The van der Waals surface area contributed by atoms with Gasteiger partial charge in [-0.3, -0.25) is 4.79 Å². The van der Waals surface area contributed by atoms with Crippen molar-refractivity contribution >= 4 is 11.9 Å².